The molecule has 0 aliphatic rings. The molecule has 72 valence electrons. The lowest BCUT2D eigenvalue weighted by Gasteiger charge is -1.97. The first kappa shape index (κ1) is 13.9. The van der Waals surface area contributed by atoms with E-state index in [0.717, 1.165) is 0 Å². The molecule has 0 aromatic carbocycles. The standard InChI is InChI=1S/C4H6O4S.C3H8/c5-3(6)1-2(9)4(7)8;1-3-2/h2,9H,1H2,(H,5,6)(H,7,8);3H2,1-2H3. The summed E-state index contributed by atoms with van der Waals surface area (Å²) in [4.78, 5) is 19.7. The summed E-state index contributed by atoms with van der Waals surface area (Å²) in [5.74, 6) is -2.36. The first-order valence-corrected chi connectivity index (χ1v) is 4.09. The van der Waals surface area contributed by atoms with Crippen molar-refractivity contribution in [2.75, 3.05) is 0 Å². The average molecular weight is 194 g/mol. The van der Waals surface area contributed by atoms with Crippen LogP contribution in [0, 0.1) is 0 Å². The van der Waals surface area contributed by atoms with E-state index < -0.39 is 23.6 Å². The monoisotopic (exact) mass is 194 g/mol. The maximum atomic E-state index is 9.90. The SMILES string of the molecule is CCC.O=C(O)CC(S)C(=O)O. The van der Waals surface area contributed by atoms with Crippen molar-refractivity contribution in [1.29, 1.82) is 0 Å². The summed E-state index contributed by atoms with van der Waals surface area (Å²) in [6.45, 7) is 4.25. The molecule has 0 amide bonds. The minimum atomic E-state index is -1.21. The molecular weight excluding hydrogens is 180 g/mol. The highest BCUT2D eigenvalue weighted by Gasteiger charge is 2.14. The molecule has 5 heteroatoms. The maximum Gasteiger partial charge on any atom is 0.316 e. The number of thiol groups is 1. The number of carboxylic acids is 2. The van der Waals surface area contributed by atoms with Crippen molar-refractivity contribution in [3.05, 3.63) is 0 Å². The molecule has 2 N–H and O–H groups in total. The predicted octanol–water partition coefficient (Wildman–Crippen LogP) is 1.26. The van der Waals surface area contributed by atoms with Crippen molar-refractivity contribution in [3.63, 3.8) is 0 Å². The minimum absolute atomic E-state index is 0.446. The van der Waals surface area contributed by atoms with E-state index in [0.29, 0.717) is 0 Å². The third kappa shape index (κ3) is 12.0. The number of aliphatic carboxylic acids is 2. The van der Waals surface area contributed by atoms with E-state index in [1.807, 2.05) is 0 Å². The molecule has 0 fully saturated rings. The summed E-state index contributed by atoms with van der Waals surface area (Å²) < 4.78 is 0. The van der Waals surface area contributed by atoms with E-state index in [1.54, 1.807) is 0 Å². The van der Waals surface area contributed by atoms with Gasteiger partial charge in [0.25, 0.3) is 0 Å². The Bertz CT molecular complexity index is 146. The van der Waals surface area contributed by atoms with Gasteiger partial charge in [0.05, 0.1) is 6.42 Å². The van der Waals surface area contributed by atoms with Gasteiger partial charge < -0.3 is 10.2 Å². The van der Waals surface area contributed by atoms with Crippen LogP contribution in [0.5, 0.6) is 0 Å². The van der Waals surface area contributed by atoms with Gasteiger partial charge in [0, 0.05) is 0 Å². The Labute approximate surface area is 77.0 Å². The van der Waals surface area contributed by atoms with Gasteiger partial charge in [0.2, 0.25) is 0 Å². The van der Waals surface area contributed by atoms with Crippen LogP contribution in [-0.2, 0) is 9.59 Å². The zero-order valence-electron chi connectivity index (χ0n) is 7.15. The van der Waals surface area contributed by atoms with E-state index >= 15 is 0 Å². The van der Waals surface area contributed by atoms with Crippen LogP contribution >= 0.6 is 12.6 Å². The third-order valence-electron chi connectivity index (χ3n) is 0.653. The molecule has 4 nitrogen and oxygen atoms in total. The van der Waals surface area contributed by atoms with Crippen LogP contribution < -0.4 is 0 Å². The third-order valence-corrected chi connectivity index (χ3v) is 1.06. The molecule has 0 heterocycles. The van der Waals surface area contributed by atoms with Crippen LogP contribution in [0.15, 0.2) is 0 Å². The van der Waals surface area contributed by atoms with Crippen molar-refractivity contribution < 1.29 is 19.8 Å². The normalized spacial score (nSPS) is 10.9. The Balaban J connectivity index is 0. The molecule has 0 saturated heterocycles. The van der Waals surface area contributed by atoms with Crippen molar-refractivity contribution in [3.8, 4) is 0 Å². The van der Waals surface area contributed by atoms with Crippen molar-refractivity contribution in [2.45, 2.75) is 31.9 Å². The van der Waals surface area contributed by atoms with Gasteiger partial charge in [-0.3, -0.25) is 9.59 Å². The highest BCUT2D eigenvalue weighted by atomic mass is 32.1. The van der Waals surface area contributed by atoms with Crippen LogP contribution in [0.25, 0.3) is 0 Å². The highest BCUT2D eigenvalue weighted by Crippen LogP contribution is 1.99. The maximum absolute atomic E-state index is 9.90. The summed E-state index contributed by atoms with van der Waals surface area (Å²) in [6.07, 6.45) is 0.804. The minimum Gasteiger partial charge on any atom is -0.481 e. The lowest BCUT2D eigenvalue weighted by atomic mass is 10.3. The van der Waals surface area contributed by atoms with Crippen LogP contribution in [0.2, 0.25) is 0 Å². The number of carbonyl (C=O) groups is 2. The van der Waals surface area contributed by atoms with Crippen LogP contribution in [0.1, 0.15) is 26.7 Å². The summed E-state index contributed by atoms with van der Waals surface area (Å²) in [7, 11) is 0. The van der Waals surface area contributed by atoms with Gasteiger partial charge in [0.15, 0.2) is 0 Å². The van der Waals surface area contributed by atoms with Crippen molar-refractivity contribution in [2.24, 2.45) is 0 Å². The fraction of sp³-hybridized carbons (Fsp3) is 0.714. The summed E-state index contributed by atoms with van der Waals surface area (Å²) in [6, 6.07) is 0. The van der Waals surface area contributed by atoms with Gasteiger partial charge in [-0.2, -0.15) is 12.6 Å². The average Bonchev–Trinajstić information content (AvgIpc) is 1.87. The van der Waals surface area contributed by atoms with E-state index in [9.17, 15) is 9.59 Å². The van der Waals surface area contributed by atoms with Gasteiger partial charge >= 0.3 is 11.9 Å². The van der Waals surface area contributed by atoms with Gasteiger partial charge in [-0.05, 0) is 0 Å². The highest BCUT2D eigenvalue weighted by molar-refractivity contribution is 7.81. The first-order chi connectivity index (χ1) is 5.45. The largest absolute Gasteiger partial charge is 0.481 e. The Morgan fingerprint density at radius 2 is 1.67 bits per heavy atom. The molecule has 0 rings (SSSR count). The first-order valence-electron chi connectivity index (χ1n) is 3.58. The zero-order chi connectivity index (χ0) is 10.1. The van der Waals surface area contributed by atoms with Crippen LogP contribution in [0.4, 0.5) is 0 Å². The molecule has 1 atom stereocenters. The Morgan fingerprint density at radius 1 is 1.33 bits per heavy atom. The van der Waals surface area contributed by atoms with Gasteiger partial charge in [0.1, 0.15) is 5.25 Å². The lowest BCUT2D eigenvalue weighted by molar-refractivity contribution is -0.142. The zero-order valence-corrected chi connectivity index (χ0v) is 8.04. The molecule has 0 bridgehead atoms. The molecule has 12 heavy (non-hydrogen) atoms. The summed E-state index contributed by atoms with van der Waals surface area (Å²) >= 11 is 3.48. The fourth-order valence-corrected chi connectivity index (χ4v) is 0.409. The molecule has 0 aliphatic carbocycles. The molecule has 0 aromatic heterocycles. The quantitative estimate of drug-likeness (QED) is 0.591. The van der Waals surface area contributed by atoms with E-state index in [1.165, 1.54) is 6.42 Å². The smallest absolute Gasteiger partial charge is 0.316 e. The van der Waals surface area contributed by atoms with Crippen molar-refractivity contribution in [1.82, 2.24) is 0 Å². The summed E-state index contributed by atoms with van der Waals surface area (Å²) in [5.41, 5.74) is 0. The van der Waals surface area contributed by atoms with Gasteiger partial charge in [-0.25, -0.2) is 0 Å². The molecule has 0 aliphatic heterocycles. The fourth-order valence-electron chi connectivity index (χ4n) is 0.253. The van der Waals surface area contributed by atoms with E-state index in [-0.39, 0.29) is 0 Å². The van der Waals surface area contributed by atoms with Gasteiger partial charge in [-0.15, -0.1) is 0 Å². The van der Waals surface area contributed by atoms with E-state index in [2.05, 4.69) is 26.5 Å². The topological polar surface area (TPSA) is 74.6 Å². The second kappa shape index (κ2) is 8.39. The molecule has 0 spiro atoms. The van der Waals surface area contributed by atoms with Crippen LogP contribution in [0.3, 0.4) is 0 Å². The van der Waals surface area contributed by atoms with E-state index in [4.69, 9.17) is 10.2 Å². The Kier molecular flexibility index (Phi) is 9.68. The number of hydrogen-bond acceptors (Lipinski definition) is 3. The van der Waals surface area contributed by atoms with Crippen molar-refractivity contribution >= 4 is 24.6 Å². The number of rotatable bonds is 3. The summed E-state index contributed by atoms with van der Waals surface area (Å²) in [5, 5.41) is 15.0. The second-order valence-corrected chi connectivity index (χ2v) is 2.78. The number of carboxylic acid groups (broad SMARTS) is 2. The number of hydrogen-bond donors (Lipinski definition) is 3. The van der Waals surface area contributed by atoms with Gasteiger partial charge in [-0.1, -0.05) is 20.3 Å². The lowest BCUT2D eigenvalue weighted by Crippen LogP contribution is -2.17. The molecule has 1 unspecified atom stereocenters. The molecule has 0 saturated carbocycles. The molecule has 0 radical (unpaired) electrons. The molecule has 0 aromatic rings. The molecular formula is C7H14O4S. The Morgan fingerprint density at radius 3 is 1.75 bits per heavy atom. The second-order valence-electron chi connectivity index (χ2n) is 2.16. The van der Waals surface area contributed by atoms with Crippen LogP contribution in [-0.4, -0.2) is 27.4 Å². The predicted molar refractivity (Wildman–Crippen MR) is 48.6 cm³/mol. The Hall–Kier alpha value is -0.710.